The molecule has 0 aromatic rings. The third kappa shape index (κ3) is 36.6. The van der Waals surface area contributed by atoms with Gasteiger partial charge >= 0.3 is 5.97 Å². The zero-order chi connectivity index (χ0) is 38.9. The Kier molecular flexibility index (Phi) is 39.3. The Bertz CT molecular complexity index is 926. The van der Waals surface area contributed by atoms with Gasteiger partial charge in [0.2, 0.25) is 5.91 Å². The Hall–Kier alpha value is -2.18. The number of hydrogen-bond donors (Lipinski definition) is 3. The summed E-state index contributed by atoms with van der Waals surface area (Å²) in [6.07, 6.45) is 47.4. The van der Waals surface area contributed by atoms with Crippen molar-refractivity contribution < 1.29 is 24.5 Å². The first-order valence-corrected chi connectivity index (χ1v) is 22.4. The van der Waals surface area contributed by atoms with Gasteiger partial charge in [0.1, 0.15) is 6.10 Å². The number of amides is 1. The number of rotatable bonds is 39. The predicted molar refractivity (Wildman–Crippen MR) is 227 cm³/mol. The third-order valence-electron chi connectivity index (χ3n) is 9.93. The molecular formula is C47H85NO5. The van der Waals surface area contributed by atoms with Crippen LogP contribution in [0.1, 0.15) is 213 Å². The summed E-state index contributed by atoms with van der Waals surface area (Å²) in [6.45, 7) is 6.26. The highest BCUT2D eigenvalue weighted by Gasteiger charge is 2.24. The molecule has 3 atom stereocenters. The first kappa shape index (κ1) is 50.8. The van der Waals surface area contributed by atoms with Gasteiger partial charge in [0.25, 0.3) is 0 Å². The lowest BCUT2D eigenvalue weighted by molar-refractivity contribution is -0.151. The molecule has 0 saturated heterocycles. The van der Waals surface area contributed by atoms with E-state index in [0.29, 0.717) is 19.3 Å². The second-order valence-corrected chi connectivity index (χ2v) is 15.1. The summed E-state index contributed by atoms with van der Waals surface area (Å²) in [7, 11) is 0. The molecule has 0 spiro atoms. The average molecular weight is 744 g/mol. The maximum atomic E-state index is 13.1. The van der Waals surface area contributed by atoms with E-state index in [2.05, 4.69) is 62.5 Å². The molecule has 0 aromatic heterocycles. The van der Waals surface area contributed by atoms with Crippen LogP contribution in [-0.2, 0) is 14.3 Å². The Morgan fingerprint density at radius 3 is 1.68 bits per heavy atom. The average Bonchev–Trinajstić information content (AvgIpc) is 3.15. The molecule has 6 nitrogen and oxygen atoms in total. The SMILES string of the molecule is CC/C=C/C=C/C=C\CCCCCC(CC(=O)NC(CO)C(O)CCCCCCCCCCCCCCC)OC(=O)CCCCCCC/C=C\CCC. The fourth-order valence-corrected chi connectivity index (χ4v) is 6.55. The first-order chi connectivity index (χ1) is 26.0. The van der Waals surface area contributed by atoms with E-state index >= 15 is 0 Å². The van der Waals surface area contributed by atoms with E-state index < -0.39 is 18.2 Å². The van der Waals surface area contributed by atoms with Crippen LogP contribution in [0.5, 0.6) is 0 Å². The van der Waals surface area contributed by atoms with Gasteiger partial charge in [0.15, 0.2) is 0 Å². The zero-order valence-corrected chi connectivity index (χ0v) is 34.9. The van der Waals surface area contributed by atoms with Crippen molar-refractivity contribution in [2.24, 2.45) is 0 Å². The van der Waals surface area contributed by atoms with E-state index in [1.54, 1.807) is 0 Å². The zero-order valence-electron chi connectivity index (χ0n) is 34.9. The highest BCUT2D eigenvalue weighted by molar-refractivity contribution is 5.77. The van der Waals surface area contributed by atoms with E-state index in [4.69, 9.17) is 4.74 Å². The highest BCUT2D eigenvalue weighted by atomic mass is 16.5. The summed E-state index contributed by atoms with van der Waals surface area (Å²) in [4.78, 5) is 25.9. The van der Waals surface area contributed by atoms with Gasteiger partial charge in [-0.2, -0.15) is 0 Å². The van der Waals surface area contributed by atoms with E-state index in [1.165, 1.54) is 83.5 Å². The molecule has 0 radical (unpaired) electrons. The normalized spacial score (nSPS) is 13.8. The topological polar surface area (TPSA) is 95.9 Å². The van der Waals surface area contributed by atoms with Crippen LogP contribution in [0.25, 0.3) is 0 Å². The van der Waals surface area contributed by atoms with E-state index in [9.17, 15) is 19.8 Å². The lowest BCUT2D eigenvalue weighted by atomic mass is 10.0. The lowest BCUT2D eigenvalue weighted by Crippen LogP contribution is -2.46. The van der Waals surface area contributed by atoms with Crippen molar-refractivity contribution in [1.82, 2.24) is 5.32 Å². The molecule has 0 heterocycles. The molecular weight excluding hydrogens is 659 g/mol. The van der Waals surface area contributed by atoms with Gasteiger partial charge in [-0.15, -0.1) is 0 Å². The van der Waals surface area contributed by atoms with Crippen molar-refractivity contribution in [3.63, 3.8) is 0 Å². The smallest absolute Gasteiger partial charge is 0.306 e. The minimum atomic E-state index is -0.796. The van der Waals surface area contributed by atoms with Gasteiger partial charge in [-0.05, 0) is 64.2 Å². The fourth-order valence-electron chi connectivity index (χ4n) is 6.55. The van der Waals surface area contributed by atoms with Crippen LogP contribution in [0.15, 0.2) is 48.6 Å². The summed E-state index contributed by atoms with van der Waals surface area (Å²) in [5.41, 5.74) is 0. The highest BCUT2D eigenvalue weighted by Crippen LogP contribution is 2.17. The molecule has 1 amide bonds. The summed E-state index contributed by atoms with van der Waals surface area (Å²) < 4.78 is 5.86. The molecule has 53 heavy (non-hydrogen) atoms. The molecule has 0 saturated carbocycles. The van der Waals surface area contributed by atoms with Crippen LogP contribution in [0.2, 0.25) is 0 Å². The van der Waals surface area contributed by atoms with Crippen LogP contribution >= 0.6 is 0 Å². The molecule has 0 fully saturated rings. The maximum Gasteiger partial charge on any atom is 0.306 e. The van der Waals surface area contributed by atoms with Gasteiger partial charge in [0, 0.05) is 6.42 Å². The number of aliphatic hydroxyl groups is 2. The van der Waals surface area contributed by atoms with Crippen molar-refractivity contribution >= 4 is 11.9 Å². The van der Waals surface area contributed by atoms with Gasteiger partial charge < -0.3 is 20.3 Å². The monoisotopic (exact) mass is 744 g/mol. The number of carbonyl (C=O) groups is 2. The molecule has 0 aliphatic heterocycles. The number of hydrogen-bond acceptors (Lipinski definition) is 5. The molecule has 308 valence electrons. The summed E-state index contributed by atoms with van der Waals surface area (Å²) >= 11 is 0. The number of unbranched alkanes of at least 4 members (excludes halogenated alkanes) is 21. The van der Waals surface area contributed by atoms with Crippen LogP contribution in [-0.4, -0.2) is 46.9 Å². The largest absolute Gasteiger partial charge is 0.462 e. The van der Waals surface area contributed by atoms with Gasteiger partial charge in [-0.3, -0.25) is 9.59 Å². The van der Waals surface area contributed by atoms with E-state index in [1.807, 2.05) is 12.2 Å². The Morgan fingerprint density at radius 2 is 1.08 bits per heavy atom. The molecule has 0 aliphatic carbocycles. The summed E-state index contributed by atoms with van der Waals surface area (Å²) in [5, 5.41) is 23.6. The quantitative estimate of drug-likeness (QED) is 0.0252. The molecule has 3 N–H and O–H groups in total. The third-order valence-corrected chi connectivity index (χ3v) is 9.93. The second kappa shape index (κ2) is 41.0. The maximum absolute atomic E-state index is 13.1. The molecule has 0 aliphatic rings. The number of allylic oxidation sites excluding steroid dienone is 8. The number of ether oxygens (including phenoxy) is 1. The molecule has 6 heteroatoms. The molecule has 3 unspecified atom stereocenters. The minimum Gasteiger partial charge on any atom is -0.462 e. The van der Waals surface area contributed by atoms with Gasteiger partial charge in [0.05, 0.1) is 25.2 Å². The fraction of sp³-hybridized carbons (Fsp3) is 0.787. The van der Waals surface area contributed by atoms with Crippen molar-refractivity contribution in [3.8, 4) is 0 Å². The van der Waals surface area contributed by atoms with Crippen molar-refractivity contribution in [2.75, 3.05) is 6.61 Å². The predicted octanol–water partition coefficient (Wildman–Crippen LogP) is 12.7. The Morgan fingerprint density at radius 1 is 0.566 bits per heavy atom. The molecule has 0 bridgehead atoms. The molecule has 0 aromatic carbocycles. The van der Waals surface area contributed by atoms with Crippen molar-refractivity contribution in [2.45, 2.75) is 232 Å². The summed E-state index contributed by atoms with van der Waals surface area (Å²) in [6, 6.07) is -0.711. The Balaban J connectivity index is 4.61. The lowest BCUT2D eigenvalue weighted by Gasteiger charge is -2.24. The number of nitrogens with one attached hydrogen (secondary N) is 1. The van der Waals surface area contributed by atoms with E-state index in [0.717, 1.165) is 83.5 Å². The van der Waals surface area contributed by atoms with Crippen molar-refractivity contribution in [1.29, 1.82) is 0 Å². The van der Waals surface area contributed by atoms with Crippen LogP contribution in [0.3, 0.4) is 0 Å². The Labute approximate surface area is 327 Å². The van der Waals surface area contributed by atoms with Crippen LogP contribution in [0.4, 0.5) is 0 Å². The molecule has 0 rings (SSSR count). The number of carbonyl (C=O) groups excluding carboxylic acids is 2. The van der Waals surface area contributed by atoms with Crippen LogP contribution < -0.4 is 5.32 Å². The van der Waals surface area contributed by atoms with Gasteiger partial charge in [-0.25, -0.2) is 0 Å². The minimum absolute atomic E-state index is 0.0508. The van der Waals surface area contributed by atoms with Crippen LogP contribution in [0, 0.1) is 0 Å². The van der Waals surface area contributed by atoms with E-state index in [-0.39, 0.29) is 24.9 Å². The number of aliphatic hydroxyl groups excluding tert-OH is 2. The van der Waals surface area contributed by atoms with Gasteiger partial charge in [-0.1, -0.05) is 185 Å². The first-order valence-electron chi connectivity index (χ1n) is 22.4. The van der Waals surface area contributed by atoms with Crippen molar-refractivity contribution in [3.05, 3.63) is 48.6 Å². The number of esters is 1. The summed E-state index contributed by atoms with van der Waals surface area (Å²) in [5.74, 6) is -0.524. The standard InChI is InChI=1S/C47H85NO5/c1-4-7-10-13-16-19-22-23-25-27-30-33-36-39-45(50)44(42-49)48-46(51)41-43(38-35-32-29-26-24-20-17-14-11-8-5-2)53-47(52)40-37-34-31-28-21-18-15-12-9-6-3/h8,11-12,14-15,17,20,24,43-45,49-50H,4-7,9-10,13,16,18-19,21-23,25-42H2,1-3H3,(H,48,51)/b11-8+,15-12-,17-14+,24-20-. The second-order valence-electron chi connectivity index (χ2n) is 15.1.